The Morgan fingerprint density at radius 3 is 2.58 bits per heavy atom. The Morgan fingerprint density at radius 2 is 2.05 bits per heavy atom. The van der Waals surface area contributed by atoms with E-state index in [9.17, 15) is 18.0 Å². The van der Waals surface area contributed by atoms with E-state index in [1.807, 2.05) is 0 Å². The van der Waals surface area contributed by atoms with Gasteiger partial charge in [0.2, 0.25) is 0 Å². The van der Waals surface area contributed by atoms with Crippen LogP contribution in [-0.4, -0.2) is 29.2 Å². The molecule has 0 atom stereocenters. The lowest BCUT2D eigenvalue weighted by Gasteiger charge is -2.11. The van der Waals surface area contributed by atoms with E-state index < -0.39 is 23.6 Å². The fraction of sp³-hybridized carbons (Fsp3) is 0.250. The summed E-state index contributed by atoms with van der Waals surface area (Å²) >= 11 is 0. The van der Waals surface area contributed by atoms with E-state index in [1.165, 1.54) is 6.07 Å². The third-order valence-corrected chi connectivity index (χ3v) is 1.91. The van der Waals surface area contributed by atoms with Crippen LogP contribution in [0.15, 0.2) is 18.2 Å². The summed E-state index contributed by atoms with van der Waals surface area (Å²) < 4.78 is 40.1. The van der Waals surface area contributed by atoms with Crippen LogP contribution in [0.3, 0.4) is 0 Å². The molecular formula is C12H9F3O4. The molecule has 1 aromatic rings. The van der Waals surface area contributed by atoms with Crippen LogP contribution in [0, 0.1) is 11.8 Å². The molecule has 0 aliphatic carbocycles. The van der Waals surface area contributed by atoms with Crippen molar-refractivity contribution in [3.8, 4) is 17.6 Å². The zero-order chi connectivity index (χ0) is 14.5. The van der Waals surface area contributed by atoms with Gasteiger partial charge in [0.1, 0.15) is 11.3 Å². The quantitative estimate of drug-likeness (QED) is 0.827. The normalized spacial score (nSPS) is 10.5. The number of carboxylic acids is 1. The van der Waals surface area contributed by atoms with E-state index in [0.29, 0.717) is 0 Å². The average molecular weight is 274 g/mol. The summed E-state index contributed by atoms with van der Waals surface area (Å²) in [5.74, 6) is 2.64. The van der Waals surface area contributed by atoms with Gasteiger partial charge >= 0.3 is 12.3 Å². The highest BCUT2D eigenvalue weighted by Crippen LogP contribution is 2.27. The highest BCUT2D eigenvalue weighted by Gasteiger charge is 2.33. The molecule has 0 heterocycles. The Hall–Kier alpha value is -2.20. The molecule has 1 aromatic carbocycles. The number of aliphatic hydroxyl groups excluding tert-OH is 1. The Balaban J connectivity index is 3.12. The topological polar surface area (TPSA) is 66.8 Å². The number of rotatable bonds is 3. The molecule has 0 saturated carbocycles. The van der Waals surface area contributed by atoms with Crippen molar-refractivity contribution in [2.45, 2.75) is 12.8 Å². The number of benzene rings is 1. The van der Waals surface area contributed by atoms with Crippen LogP contribution < -0.4 is 4.74 Å². The Morgan fingerprint density at radius 1 is 1.37 bits per heavy atom. The first-order valence-electron chi connectivity index (χ1n) is 5.06. The van der Waals surface area contributed by atoms with Gasteiger partial charge in [-0.25, -0.2) is 4.79 Å². The number of alkyl halides is 3. The van der Waals surface area contributed by atoms with Gasteiger partial charge in [0.15, 0.2) is 0 Å². The molecule has 102 valence electrons. The van der Waals surface area contributed by atoms with Gasteiger partial charge in [0.25, 0.3) is 0 Å². The molecule has 0 aromatic heterocycles. The number of halogens is 3. The minimum Gasteiger partial charge on any atom is -0.478 e. The summed E-state index contributed by atoms with van der Waals surface area (Å²) in [5, 5.41) is 17.3. The third-order valence-electron chi connectivity index (χ3n) is 1.91. The zero-order valence-corrected chi connectivity index (χ0v) is 9.49. The Kier molecular flexibility index (Phi) is 4.78. The van der Waals surface area contributed by atoms with E-state index in [-0.39, 0.29) is 18.6 Å². The fourth-order valence-corrected chi connectivity index (χ4v) is 1.21. The van der Waals surface area contributed by atoms with Crippen LogP contribution in [0.2, 0.25) is 0 Å². The molecule has 7 heteroatoms. The van der Waals surface area contributed by atoms with E-state index in [1.54, 1.807) is 0 Å². The van der Waals surface area contributed by atoms with Gasteiger partial charge < -0.3 is 14.9 Å². The molecule has 1 rings (SSSR count). The van der Waals surface area contributed by atoms with Crippen LogP contribution >= 0.6 is 0 Å². The Labute approximate surface area is 106 Å². The second-order valence-corrected chi connectivity index (χ2v) is 3.34. The molecule has 0 amide bonds. The van der Waals surface area contributed by atoms with Gasteiger partial charge in [-0.15, -0.1) is 13.2 Å². The molecule has 0 bridgehead atoms. The maximum atomic E-state index is 12.1. The van der Waals surface area contributed by atoms with E-state index in [4.69, 9.17) is 10.2 Å². The third kappa shape index (κ3) is 4.89. The second-order valence-electron chi connectivity index (χ2n) is 3.34. The molecule has 0 aliphatic rings. The summed E-state index contributed by atoms with van der Waals surface area (Å²) in [7, 11) is 0. The van der Waals surface area contributed by atoms with Crippen LogP contribution in [0.25, 0.3) is 0 Å². The molecule has 0 spiro atoms. The first-order valence-corrected chi connectivity index (χ1v) is 5.06. The lowest BCUT2D eigenvalue weighted by molar-refractivity contribution is -0.274. The van der Waals surface area contributed by atoms with Crippen LogP contribution in [-0.2, 0) is 0 Å². The number of hydrogen-bond donors (Lipinski definition) is 2. The first kappa shape index (κ1) is 14.9. The molecule has 0 saturated heterocycles. The SMILES string of the molecule is O=C(O)c1ccc(C#CCCO)cc1OC(F)(F)F. The Bertz CT molecular complexity index is 526. The molecule has 0 unspecified atom stereocenters. The van der Waals surface area contributed by atoms with Crippen LogP contribution in [0.1, 0.15) is 22.3 Å². The average Bonchev–Trinajstić information content (AvgIpc) is 2.27. The number of aromatic carboxylic acids is 1. The maximum absolute atomic E-state index is 12.1. The second kappa shape index (κ2) is 6.11. The van der Waals surface area contributed by atoms with Crippen molar-refractivity contribution in [2.24, 2.45) is 0 Å². The molecule has 0 fully saturated rings. The lowest BCUT2D eigenvalue weighted by atomic mass is 10.1. The number of carbonyl (C=O) groups is 1. The van der Waals surface area contributed by atoms with Gasteiger partial charge in [0.05, 0.1) is 6.61 Å². The van der Waals surface area contributed by atoms with Crippen molar-refractivity contribution in [3.05, 3.63) is 29.3 Å². The lowest BCUT2D eigenvalue weighted by Crippen LogP contribution is -2.19. The summed E-state index contributed by atoms with van der Waals surface area (Å²) in [6.45, 7) is -0.174. The highest BCUT2D eigenvalue weighted by molar-refractivity contribution is 5.91. The summed E-state index contributed by atoms with van der Waals surface area (Å²) in [4.78, 5) is 10.8. The van der Waals surface area contributed by atoms with Gasteiger partial charge in [-0.1, -0.05) is 11.8 Å². The van der Waals surface area contributed by atoms with Crippen LogP contribution in [0.4, 0.5) is 13.2 Å². The van der Waals surface area contributed by atoms with E-state index >= 15 is 0 Å². The first-order chi connectivity index (χ1) is 8.83. The predicted octanol–water partition coefficient (Wildman–Crippen LogP) is 2.02. The van der Waals surface area contributed by atoms with Crippen molar-refractivity contribution >= 4 is 5.97 Å². The minimum atomic E-state index is -4.98. The highest BCUT2D eigenvalue weighted by atomic mass is 19.4. The molecule has 4 nitrogen and oxygen atoms in total. The predicted molar refractivity (Wildman–Crippen MR) is 58.7 cm³/mol. The molecule has 19 heavy (non-hydrogen) atoms. The number of hydrogen-bond acceptors (Lipinski definition) is 3. The number of carboxylic acid groups (broad SMARTS) is 1. The van der Waals surface area contributed by atoms with Gasteiger partial charge in [-0.3, -0.25) is 0 Å². The zero-order valence-electron chi connectivity index (χ0n) is 9.49. The number of ether oxygens (including phenoxy) is 1. The molecule has 0 aliphatic heterocycles. The smallest absolute Gasteiger partial charge is 0.478 e. The van der Waals surface area contributed by atoms with Crippen molar-refractivity contribution in [2.75, 3.05) is 6.61 Å². The van der Waals surface area contributed by atoms with Crippen molar-refractivity contribution < 1.29 is 32.9 Å². The molecule has 0 radical (unpaired) electrons. The standard InChI is InChI=1S/C12H9F3O4/c13-12(14,15)19-10-7-8(3-1-2-6-16)4-5-9(10)11(17)18/h4-5,7,16H,2,6H2,(H,17,18). The van der Waals surface area contributed by atoms with Crippen molar-refractivity contribution in [1.29, 1.82) is 0 Å². The van der Waals surface area contributed by atoms with Gasteiger partial charge in [-0.2, -0.15) is 0 Å². The minimum absolute atomic E-state index is 0.163. The van der Waals surface area contributed by atoms with E-state index in [2.05, 4.69) is 16.6 Å². The van der Waals surface area contributed by atoms with Gasteiger partial charge in [-0.05, 0) is 18.2 Å². The molecular weight excluding hydrogens is 265 g/mol. The largest absolute Gasteiger partial charge is 0.573 e. The van der Waals surface area contributed by atoms with E-state index in [0.717, 1.165) is 12.1 Å². The summed E-state index contributed by atoms with van der Waals surface area (Å²) in [5.41, 5.74) is -0.442. The summed E-state index contributed by atoms with van der Waals surface area (Å²) in [6, 6.07) is 3.13. The summed E-state index contributed by atoms with van der Waals surface area (Å²) in [6.07, 6.45) is -4.82. The fourth-order valence-electron chi connectivity index (χ4n) is 1.21. The van der Waals surface area contributed by atoms with Crippen LogP contribution in [0.5, 0.6) is 5.75 Å². The molecule has 2 N–H and O–H groups in total. The van der Waals surface area contributed by atoms with Crippen molar-refractivity contribution in [1.82, 2.24) is 0 Å². The number of aliphatic hydroxyl groups is 1. The van der Waals surface area contributed by atoms with Crippen molar-refractivity contribution in [3.63, 3.8) is 0 Å². The monoisotopic (exact) mass is 274 g/mol. The van der Waals surface area contributed by atoms with Gasteiger partial charge in [0, 0.05) is 12.0 Å². The maximum Gasteiger partial charge on any atom is 0.573 e.